The number of benzene rings is 1. The fourth-order valence-corrected chi connectivity index (χ4v) is 1.44. The first-order valence-corrected chi connectivity index (χ1v) is 6.23. The topological polar surface area (TPSA) is 73.6 Å². The van der Waals surface area contributed by atoms with E-state index in [1.54, 1.807) is 31.4 Å². The zero-order valence-corrected chi connectivity index (χ0v) is 11.7. The normalized spacial score (nSPS) is 11.1. The fraction of sp³-hybridized carbons (Fsp3) is 0.500. The molecule has 0 aliphatic heterocycles. The SMILES string of the molecule is COC(C)(C)CC(=O)NCCOc1ccc(N)cc1. The first-order chi connectivity index (χ1) is 8.93. The van der Waals surface area contributed by atoms with Crippen LogP contribution in [-0.2, 0) is 9.53 Å². The van der Waals surface area contributed by atoms with Gasteiger partial charge in [0.25, 0.3) is 0 Å². The highest BCUT2D eigenvalue weighted by molar-refractivity contribution is 5.76. The van der Waals surface area contributed by atoms with Crippen molar-refractivity contribution in [2.24, 2.45) is 0 Å². The Balaban J connectivity index is 2.20. The van der Waals surface area contributed by atoms with Gasteiger partial charge in [0.05, 0.1) is 18.6 Å². The summed E-state index contributed by atoms with van der Waals surface area (Å²) in [4.78, 5) is 11.6. The van der Waals surface area contributed by atoms with Crippen molar-refractivity contribution in [3.63, 3.8) is 0 Å². The van der Waals surface area contributed by atoms with Crippen molar-refractivity contribution in [2.45, 2.75) is 25.9 Å². The van der Waals surface area contributed by atoms with Gasteiger partial charge in [-0.3, -0.25) is 4.79 Å². The van der Waals surface area contributed by atoms with Crippen LogP contribution in [0.1, 0.15) is 20.3 Å². The molecule has 0 aliphatic carbocycles. The first-order valence-electron chi connectivity index (χ1n) is 6.23. The number of nitrogens with two attached hydrogens (primary N) is 1. The first kappa shape index (κ1) is 15.3. The van der Waals surface area contributed by atoms with E-state index in [1.165, 1.54) is 0 Å². The second-order valence-corrected chi connectivity index (χ2v) is 4.91. The van der Waals surface area contributed by atoms with Gasteiger partial charge in [-0.1, -0.05) is 0 Å². The molecule has 0 unspecified atom stereocenters. The van der Waals surface area contributed by atoms with Gasteiger partial charge in [0.2, 0.25) is 5.91 Å². The largest absolute Gasteiger partial charge is 0.492 e. The lowest BCUT2D eigenvalue weighted by molar-refractivity contribution is -0.126. The van der Waals surface area contributed by atoms with Crippen LogP contribution in [0.4, 0.5) is 5.69 Å². The summed E-state index contributed by atoms with van der Waals surface area (Å²) in [5.41, 5.74) is 5.82. The van der Waals surface area contributed by atoms with E-state index in [2.05, 4.69) is 5.32 Å². The van der Waals surface area contributed by atoms with Crippen molar-refractivity contribution in [3.8, 4) is 5.75 Å². The molecule has 0 aromatic heterocycles. The minimum Gasteiger partial charge on any atom is -0.492 e. The molecule has 1 aromatic carbocycles. The lowest BCUT2D eigenvalue weighted by Gasteiger charge is -2.21. The second-order valence-electron chi connectivity index (χ2n) is 4.91. The van der Waals surface area contributed by atoms with Crippen LogP contribution in [0.3, 0.4) is 0 Å². The van der Waals surface area contributed by atoms with E-state index in [-0.39, 0.29) is 5.91 Å². The number of ether oxygens (including phenoxy) is 2. The molecule has 0 spiro atoms. The zero-order valence-electron chi connectivity index (χ0n) is 11.7. The minimum atomic E-state index is -0.443. The number of rotatable bonds is 7. The summed E-state index contributed by atoms with van der Waals surface area (Å²) in [6.45, 7) is 4.63. The van der Waals surface area contributed by atoms with E-state index in [4.69, 9.17) is 15.2 Å². The summed E-state index contributed by atoms with van der Waals surface area (Å²) in [5, 5.41) is 2.79. The molecule has 0 bridgehead atoms. The van der Waals surface area contributed by atoms with Gasteiger partial charge in [-0.05, 0) is 38.1 Å². The summed E-state index contributed by atoms with van der Waals surface area (Å²) in [6, 6.07) is 7.14. The Morgan fingerprint density at radius 2 is 1.95 bits per heavy atom. The molecular weight excluding hydrogens is 244 g/mol. The van der Waals surface area contributed by atoms with E-state index in [9.17, 15) is 4.79 Å². The highest BCUT2D eigenvalue weighted by atomic mass is 16.5. The monoisotopic (exact) mass is 266 g/mol. The molecule has 5 heteroatoms. The number of hydrogen-bond donors (Lipinski definition) is 2. The number of nitrogen functional groups attached to an aromatic ring is 1. The van der Waals surface area contributed by atoms with Gasteiger partial charge in [-0.25, -0.2) is 0 Å². The molecule has 0 atom stereocenters. The molecule has 3 N–H and O–H groups in total. The maximum atomic E-state index is 11.6. The van der Waals surface area contributed by atoms with Crippen LogP contribution in [0.5, 0.6) is 5.75 Å². The molecule has 0 heterocycles. The number of carbonyl (C=O) groups excluding carboxylic acids is 1. The molecule has 106 valence electrons. The highest BCUT2D eigenvalue weighted by Gasteiger charge is 2.20. The number of carbonyl (C=O) groups is 1. The van der Waals surface area contributed by atoms with Gasteiger partial charge in [0.15, 0.2) is 0 Å². The number of hydrogen-bond acceptors (Lipinski definition) is 4. The Hall–Kier alpha value is -1.75. The Kier molecular flexibility index (Phi) is 5.63. The molecule has 0 saturated heterocycles. The van der Waals surface area contributed by atoms with Crippen LogP contribution in [0, 0.1) is 0 Å². The number of nitrogens with one attached hydrogen (secondary N) is 1. The summed E-state index contributed by atoms with van der Waals surface area (Å²) >= 11 is 0. The number of amides is 1. The van der Waals surface area contributed by atoms with Gasteiger partial charge in [0, 0.05) is 12.8 Å². The van der Waals surface area contributed by atoms with Crippen molar-refractivity contribution in [2.75, 3.05) is 26.0 Å². The van der Waals surface area contributed by atoms with E-state index < -0.39 is 5.60 Å². The maximum Gasteiger partial charge on any atom is 0.223 e. The summed E-state index contributed by atoms with van der Waals surface area (Å²) in [6.07, 6.45) is 0.325. The van der Waals surface area contributed by atoms with Crippen LogP contribution in [-0.4, -0.2) is 31.8 Å². The number of anilines is 1. The van der Waals surface area contributed by atoms with Gasteiger partial charge in [0.1, 0.15) is 12.4 Å². The van der Waals surface area contributed by atoms with Gasteiger partial charge >= 0.3 is 0 Å². The van der Waals surface area contributed by atoms with Crippen LogP contribution in [0.15, 0.2) is 24.3 Å². The Bertz CT molecular complexity index is 402. The predicted molar refractivity (Wildman–Crippen MR) is 75.1 cm³/mol. The average Bonchev–Trinajstić information content (AvgIpc) is 2.36. The van der Waals surface area contributed by atoms with Crippen LogP contribution in [0.2, 0.25) is 0 Å². The molecule has 0 fully saturated rings. The second kappa shape index (κ2) is 6.99. The van der Waals surface area contributed by atoms with Crippen LogP contribution < -0.4 is 15.8 Å². The van der Waals surface area contributed by atoms with Crippen molar-refractivity contribution in [3.05, 3.63) is 24.3 Å². The van der Waals surface area contributed by atoms with Crippen molar-refractivity contribution in [1.29, 1.82) is 0 Å². The molecule has 19 heavy (non-hydrogen) atoms. The maximum absolute atomic E-state index is 11.6. The van der Waals surface area contributed by atoms with E-state index in [0.29, 0.717) is 25.3 Å². The van der Waals surface area contributed by atoms with Crippen LogP contribution in [0.25, 0.3) is 0 Å². The third-order valence-electron chi connectivity index (χ3n) is 2.71. The standard InChI is InChI=1S/C14H22N2O3/c1-14(2,18-3)10-13(17)16-8-9-19-12-6-4-11(15)5-7-12/h4-7H,8-10,15H2,1-3H3,(H,16,17). The third-order valence-corrected chi connectivity index (χ3v) is 2.71. The molecule has 1 rings (SSSR count). The van der Waals surface area contributed by atoms with Crippen molar-refractivity contribution >= 4 is 11.6 Å². The molecular formula is C14H22N2O3. The molecule has 1 amide bonds. The van der Waals surface area contributed by atoms with Crippen LogP contribution >= 0.6 is 0 Å². The number of methoxy groups -OCH3 is 1. The lowest BCUT2D eigenvalue weighted by atomic mass is 10.1. The summed E-state index contributed by atoms with van der Waals surface area (Å²) in [5.74, 6) is 0.688. The van der Waals surface area contributed by atoms with Gasteiger partial charge in [-0.2, -0.15) is 0 Å². The molecule has 0 radical (unpaired) electrons. The van der Waals surface area contributed by atoms with E-state index in [1.807, 2.05) is 13.8 Å². The van der Waals surface area contributed by atoms with Gasteiger partial charge in [-0.15, -0.1) is 0 Å². The fourth-order valence-electron chi connectivity index (χ4n) is 1.44. The lowest BCUT2D eigenvalue weighted by Crippen LogP contribution is -2.35. The van der Waals surface area contributed by atoms with E-state index >= 15 is 0 Å². The zero-order chi connectivity index (χ0) is 14.3. The average molecular weight is 266 g/mol. The predicted octanol–water partition coefficient (Wildman–Crippen LogP) is 1.58. The Morgan fingerprint density at radius 3 is 2.53 bits per heavy atom. The quantitative estimate of drug-likeness (QED) is 0.580. The Morgan fingerprint density at radius 1 is 1.32 bits per heavy atom. The highest BCUT2D eigenvalue weighted by Crippen LogP contribution is 2.13. The third kappa shape index (κ3) is 6.10. The molecule has 0 aliphatic rings. The smallest absolute Gasteiger partial charge is 0.223 e. The van der Waals surface area contributed by atoms with E-state index in [0.717, 1.165) is 5.75 Å². The molecule has 5 nitrogen and oxygen atoms in total. The summed E-state index contributed by atoms with van der Waals surface area (Å²) < 4.78 is 10.7. The van der Waals surface area contributed by atoms with Crippen molar-refractivity contribution in [1.82, 2.24) is 5.32 Å². The van der Waals surface area contributed by atoms with Crippen molar-refractivity contribution < 1.29 is 14.3 Å². The minimum absolute atomic E-state index is 0.0484. The summed E-state index contributed by atoms with van der Waals surface area (Å²) in [7, 11) is 1.59. The molecule has 1 aromatic rings. The Labute approximate surface area is 114 Å². The van der Waals surface area contributed by atoms with Gasteiger partial charge < -0.3 is 20.5 Å². The molecule has 0 saturated carbocycles.